The lowest BCUT2D eigenvalue weighted by atomic mass is 10.2. The maximum atomic E-state index is 13.6. The smallest absolute Gasteiger partial charge is 0.264 e. The number of benzene rings is 4. The van der Waals surface area contributed by atoms with Crippen LogP contribution < -0.4 is 19.1 Å². The van der Waals surface area contributed by atoms with Gasteiger partial charge < -0.3 is 14.8 Å². The minimum atomic E-state index is -4.06. The van der Waals surface area contributed by atoms with Gasteiger partial charge in [-0.05, 0) is 79.7 Å². The lowest BCUT2D eigenvalue weighted by molar-refractivity contribution is -0.114. The highest BCUT2D eigenvalue weighted by Gasteiger charge is 2.27. The summed E-state index contributed by atoms with van der Waals surface area (Å²) in [4.78, 5) is 13.3. The third-order valence-electron chi connectivity index (χ3n) is 5.26. The van der Waals surface area contributed by atoms with Gasteiger partial charge in [-0.3, -0.25) is 9.10 Å². The van der Waals surface area contributed by atoms with Crippen molar-refractivity contribution in [3.05, 3.63) is 108 Å². The number of sulfonamides is 1. The first kappa shape index (κ1) is 26.2. The molecule has 0 spiro atoms. The molecule has 0 saturated heterocycles. The maximum Gasteiger partial charge on any atom is 0.264 e. The van der Waals surface area contributed by atoms with Crippen molar-refractivity contribution in [2.45, 2.75) is 11.8 Å². The number of nitrogens with zero attached hydrogens (tertiary/aromatic N) is 1. The Morgan fingerprint density at radius 2 is 1.49 bits per heavy atom. The number of rotatable bonds is 10. The van der Waals surface area contributed by atoms with Crippen LogP contribution in [0.4, 0.5) is 11.4 Å². The lowest BCUT2D eigenvalue weighted by Gasteiger charge is -2.24. The summed E-state index contributed by atoms with van der Waals surface area (Å²) in [5.41, 5.74) is 0.749. The van der Waals surface area contributed by atoms with Gasteiger partial charge in [0.15, 0.2) is 5.75 Å². The molecule has 0 aliphatic heterocycles. The summed E-state index contributed by atoms with van der Waals surface area (Å²) >= 11 is 3.33. The number of ether oxygens (including phenoxy) is 2. The number of carbonyl (C=O) groups is 1. The molecule has 4 rings (SSSR count). The van der Waals surface area contributed by atoms with Gasteiger partial charge in [-0.15, -0.1) is 0 Å². The van der Waals surface area contributed by atoms with Crippen LogP contribution in [-0.4, -0.2) is 27.5 Å². The molecule has 0 heterocycles. The van der Waals surface area contributed by atoms with E-state index in [1.54, 1.807) is 72.8 Å². The molecule has 0 bridgehead atoms. The Balaban J connectivity index is 1.61. The molecule has 1 N–H and O–H groups in total. The Morgan fingerprint density at radius 1 is 0.838 bits per heavy atom. The predicted octanol–water partition coefficient (Wildman–Crippen LogP) is 6.47. The minimum Gasteiger partial charge on any atom is -0.494 e. The number of nitrogens with one attached hydrogen (secondary N) is 1. The van der Waals surface area contributed by atoms with Crippen LogP contribution in [0.25, 0.3) is 0 Å². The summed E-state index contributed by atoms with van der Waals surface area (Å²) < 4.78 is 40.5. The van der Waals surface area contributed by atoms with Crippen molar-refractivity contribution < 1.29 is 22.7 Å². The summed E-state index contributed by atoms with van der Waals surface area (Å²) in [6, 6.07) is 29.0. The number of para-hydroxylation sites is 3. The van der Waals surface area contributed by atoms with Crippen molar-refractivity contribution in [1.29, 1.82) is 0 Å². The van der Waals surface area contributed by atoms with E-state index >= 15 is 0 Å². The molecule has 9 heteroatoms. The maximum absolute atomic E-state index is 13.6. The highest BCUT2D eigenvalue weighted by molar-refractivity contribution is 9.10. The van der Waals surface area contributed by atoms with Crippen molar-refractivity contribution in [2.24, 2.45) is 0 Å². The SMILES string of the molecule is CCOc1ccc(N(CC(=O)Nc2ccccc2Oc2ccccc2)S(=O)(=O)c2ccc(Br)cc2)cc1. The second kappa shape index (κ2) is 11.9. The Morgan fingerprint density at radius 3 is 2.16 bits per heavy atom. The first-order chi connectivity index (χ1) is 17.9. The number of amides is 1. The third-order valence-corrected chi connectivity index (χ3v) is 7.57. The van der Waals surface area contributed by atoms with Crippen LogP contribution in [0.2, 0.25) is 0 Å². The van der Waals surface area contributed by atoms with E-state index in [1.807, 2.05) is 25.1 Å². The first-order valence-electron chi connectivity index (χ1n) is 11.5. The van der Waals surface area contributed by atoms with E-state index in [9.17, 15) is 13.2 Å². The molecule has 1 amide bonds. The Bertz CT molecular complexity index is 1440. The summed E-state index contributed by atoms with van der Waals surface area (Å²) in [6.07, 6.45) is 0. The van der Waals surface area contributed by atoms with Crippen molar-refractivity contribution in [3.63, 3.8) is 0 Å². The Labute approximate surface area is 224 Å². The molecular formula is C28H25BrN2O5S. The van der Waals surface area contributed by atoms with Crippen molar-refractivity contribution in [3.8, 4) is 17.2 Å². The van der Waals surface area contributed by atoms with Crippen LogP contribution >= 0.6 is 15.9 Å². The topological polar surface area (TPSA) is 84.9 Å². The summed E-state index contributed by atoms with van der Waals surface area (Å²) in [5.74, 6) is 1.12. The number of anilines is 2. The van der Waals surface area contributed by atoms with Crippen molar-refractivity contribution in [2.75, 3.05) is 22.8 Å². The van der Waals surface area contributed by atoms with E-state index < -0.39 is 22.5 Å². The van der Waals surface area contributed by atoms with Crippen LogP contribution in [-0.2, 0) is 14.8 Å². The van der Waals surface area contributed by atoms with Gasteiger partial charge in [0, 0.05) is 4.47 Å². The number of hydrogen-bond acceptors (Lipinski definition) is 5. The zero-order chi connectivity index (χ0) is 26.3. The normalized spacial score (nSPS) is 11.0. The zero-order valence-corrected chi connectivity index (χ0v) is 22.4. The number of halogens is 1. The van der Waals surface area contributed by atoms with E-state index in [-0.39, 0.29) is 4.90 Å². The average molecular weight is 581 g/mol. The quantitative estimate of drug-likeness (QED) is 0.232. The van der Waals surface area contributed by atoms with Gasteiger partial charge in [-0.1, -0.05) is 46.3 Å². The van der Waals surface area contributed by atoms with Crippen molar-refractivity contribution in [1.82, 2.24) is 0 Å². The monoisotopic (exact) mass is 580 g/mol. The fourth-order valence-electron chi connectivity index (χ4n) is 3.52. The third kappa shape index (κ3) is 6.69. The fourth-order valence-corrected chi connectivity index (χ4v) is 5.20. The van der Waals surface area contributed by atoms with Gasteiger partial charge in [-0.25, -0.2) is 8.42 Å². The second-order valence-electron chi connectivity index (χ2n) is 7.85. The van der Waals surface area contributed by atoms with Crippen LogP contribution in [0.1, 0.15) is 6.92 Å². The van der Waals surface area contributed by atoms with E-state index in [1.165, 1.54) is 12.1 Å². The molecule has 0 radical (unpaired) electrons. The van der Waals surface area contributed by atoms with Crippen LogP contribution in [0.15, 0.2) is 112 Å². The largest absolute Gasteiger partial charge is 0.494 e. The highest BCUT2D eigenvalue weighted by Crippen LogP contribution is 2.30. The van der Waals surface area contributed by atoms with Crippen LogP contribution in [0, 0.1) is 0 Å². The predicted molar refractivity (Wildman–Crippen MR) is 148 cm³/mol. The van der Waals surface area contributed by atoms with Gasteiger partial charge in [0.05, 0.1) is 22.9 Å². The molecule has 0 aromatic heterocycles. The summed E-state index contributed by atoms with van der Waals surface area (Å²) in [6.45, 7) is 1.89. The van der Waals surface area contributed by atoms with Crippen LogP contribution in [0.5, 0.6) is 17.2 Å². The summed E-state index contributed by atoms with van der Waals surface area (Å²) in [5, 5.41) is 2.79. The molecule has 190 valence electrons. The Kier molecular flexibility index (Phi) is 8.47. The molecule has 0 aliphatic carbocycles. The summed E-state index contributed by atoms with van der Waals surface area (Å²) in [7, 11) is -4.06. The molecule has 4 aromatic rings. The average Bonchev–Trinajstić information content (AvgIpc) is 2.90. The van der Waals surface area contributed by atoms with E-state index in [0.29, 0.717) is 35.2 Å². The number of hydrogen-bond donors (Lipinski definition) is 1. The fraction of sp³-hybridized carbons (Fsp3) is 0.107. The van der Waals surface area contributed by atoms with E-state index in [2.05, 4.69) is 21.2 Å². The van der Waals surface area contributed by atoms with Gasteiger partial charge >= 0.3 is 0 Å². The van der Waals surface area contributed by atoms with E-state index in [0.717, 1.165) is 8.78 Å². The molecule has 37 heavy (non-hydrogen) atoms. The molecule has 0 unspecified atom stereocenters. The molecule has 0 saturated carbocycles. The minimum absolute atomic E-state index is 0.0604. The molecule has 0 fully saturated rings. The van der Waals surface area contributed by atoms with Crippen LogP contribution in [0.3, 0.4) is 0 Å². The molecule has 4 aromatic carbocycles. The highest BCUT2D eigenvalue weighted by atomic mass is 79.9. The van der Waals surface area contributed by atoms with E-state index in [4.69, 9.17) is 9.47 Å². The standard InChI is InChI=1S/C28H25BrN2O5S/c1-2-35-23-16-14-22(15-17-23)31(37(33,34)25-18-12-21(29)13-19-25)20-28(32)30-26-10-6-7-11-27(26)36-24-8-4-3-5-9-24/h3-19H,2,20H2,1H3,(H,30,32). The lowest BCUT2D eigenvalue weighted by Crippen LogP contribution is -2.38. The van der Waals surface area contributed by atoms with Gasteiger partial charge in [0.25, 0.3) is 10.0 Å². The Hall–Kier alpha value is -3.82. The van der Waals surface area contributed by atoms with Gasteiger partial charge in [-0.2, -0.15) is 0 Å². The molecule has 0 aliphatic rings. The zero-order valence-electron chi connectivity index (χ0n) is 20.0. The first-order valence-corrected chi connectivity index (χ1v) is 13.7. The second-order valence-corrected chi connectivity index (χ2v) is 10.6. The van der Waals surface area contributed by atoms with Crippen molar-refractivity contribution >= 4 is 43.2 Å². The molecular weight excluding hydrogens is 556 g/mol. The van der Waals surface area contributed by atoms with Gasteiger partial charge in [0.2, 0.25) is 5.91 Å². The number of carbonyl (C=O) groups excluding carboxylic acids is 1. The molecule has 7 nitrogen and oxygen atoms in total. The molecule has 0 atom stereocenters. The van der Waals surface area contributed by atoms with Gasteiger partial charge in [0.1, 0.15) is 18.0 Å².